The SMILES string of the molecule is COc1ccc(C(=O)N(CC(N)=O)C2CCCC2)cc1S(=O)(=O)NC(C)C. The molecule has 0 aliphatic heterocycles. The van der Waals surface area contributed by atoms with Crippen LogP contribution in [0.25, 0.3) is 0 Å². The third-order valence-electron chi connectivity index (χ3n) is 4.44. The van der Waals surface area contributed by atoms with Crippen LogP contribution in [-0.4, -0.2) is 50.9 Å². The van der Waals surface area contributed by atoms with Gasteiger partial charge in [0.2, 0.25) is 15.9 Å². The molecule has 1 aromatic rings. The van der Waals surface area contributed by atoms with Gasteiger partial charge in [0.25, 0.3) is 5.91 Å². The number of primary amides is 1. The smallest absolute Gasteiger partial charge is 0.254 e. The molecule has 1 aliphatic rings. The van der Waals surface area contributed by atoms with Crippen LogP contribution in [0.1, 0.15) is 49.9 Å². The molecule has 0 unspecified atom stereocenters. The highest BCUT2D eigenvalue weighted by Gasteiger charge is 2.30. The quantitative estimate of drug-likeness (QED) is 0.684. The molecule has 0 aromatic heterocycles. The highest BCUT2D eigenvalue weighted by molar-refractivity contribution is 7.89. The molecule has 0 heterocycles. The van der Waals surface area contributed by atoms with Crippen molar-refractivity contribution in [2.75, 3.05) is 13.7 Å². The summed E-state index contributed by atoms with van der Waals surface area (Å²) in [7, 11) is -2.50. The molecule has 0 radical (unpaired) electrons. The van der Waals surface area contributed by atoms with E-state index in [1.807, 2.05) is 0 Å². The van der Waals surface area contributed by atoms with Crippen LogP contribution in [0.4, 0.5) is 0 Å². The second kappa shape index (κ2) is 8.71. The van der Waals surface area contributed by atoms with Crippen molar-refractivity contribution in [2.24, 2.45) is 5.73 Å². The number of nitrogens with one attached hydrogen (secondary N) is 1. The van der Waals surface area contributed by atoms with E-state index >= 15 is 0 Å². The molecule has 1 fully saturated rings. The van der Waals surface area contributed by atoms with E-state index in [1.165, 1.54) is 30.2 Å². The zero-order valence-electron chi connectivity index (χ0n) is 15.9. The summed E-state index contributed by atoms with van der Waals surface area (Å²) in [6.45, 7) is 3.21. The van der Waals surface area contributed by atoms with E-state index in [0.717, 1.165) is 25.7 Å². The first-order chi connectivity index (χ1) is 12.7. The molecule has 0 bridgehead atoms. The topological polar surface area (TPSA) is 119 Å². The molecule has 27 heavy (non-hydrogen) atoms. The fraction of sp³-hybridized carbons (Fsp3) is 0.556. The Labute approximate surface area is 160 Å². The molecule has 150 valence electrons. The number of ether oxygens (including phenoxy) is 1. The van der Waals surface area contributed by atoms with E-state index in [0.29, 0.717) is 0 Å². The number of benzene rings is 1. The molecule has 1 aliphatic carbocycles. The third-order valence-corrected chi connectivity index (χ3v) is 6.12. The van der Waals surface area contributed by atoms with Crippen molar-refractivity contribution in [3.05, 3.63) is 23.8 Å². The van der Waals surface area contributed by atoms with Gasteiger partial charge in [-0.1, -0.05) is 12.8 Å². The van der Waals surface area contributed by atoms with E-state index in [4.69, 9.17) is 10.5 Å². The first-order valence-corrected chi connectivity index (χ1v) is 10.4. The third kappa shape index (κ3) is 5.20. The van der Waals surface area contributed by atoms with E-state index in [9.17, 15) is 18.0 Å². The van der Waals surface area contributed by atoms with Gasteiger partial charge < -0.3 is 15.4 Å². The van der Waals surface area contributed by atoms with Gasteiger partial charge in [-0.3, -0.25) is 9.59 Å². The molecule has 0 spiro atoms. The fourth-order valence-corrected chi connectivity index (χ4v) is 4.76. The van der Waals surface area contributed by atoms with Gasteiger partial charge >= 0.3 is 0 Å². The Morgan fingerprint density at radius 2 is 1.93 bits per heavy atom. The maximum Gasteiger partial charge on any atom is 0.254 e. The van der Waals surface area contributed by atoms with Gasteiger partial charge in [-0.25, -0.2) is 13.1 Å². The Bertz CT molecular complexity index is 801. The van der Waals surface area contributed by atoms with E-state index < -0.39 is 21.8 Å². The highest BCUT2D eigenvalue weighted by atomic mass is 32.2. The molecule has 3 N–H and O–H groups in total. The monoisotopic (exact) mass is 397 g/mol. The van der Waals surface area contributed by atoms with Gasteiger partial charge in [-0.15, -0.1) is 0 Å². The molecule has 0 saturated heterocycles. The van der Waals surface area contributed by atoms with Crippen LogP contribution in [-0.2, 0) is 14.8 Å². The number of amides is 2. The molecule has 1 saturated carbocycles. The summed E-state index contributed by atoms with van der Waals surface area (Å²) in [4.78, 5) is 25.8. The Balaban J connectivity index is 2.42. The number of rotatable bonds is 8. The Morgan fingerprint density at radius 1 is 1.30 bits per heavy atom. The largest absolute Gasteiger partial charge is 0.495 e. The molecular formula is C18H27N3O5S. The predicted octanol–water partition coefficient (Wildman–Crippen LogP) is 1.25. The van der Waals surface area contributed by atoms with E-state index in [-0.39, 0.29) is 34.8 Å². The van der Waals surface area contributed by atoms with Crippen LogP contribution >= 0.6 is 0 Å². The lowest BCUT2D eigenvalue weighted by Gasteiger charge is -2.28. The van der Waals surface area contributed by atoms with Crippen molar-refractivity contribution >= 4 is 21.8 Å². The van der Waals surface area contributed by atoms with Gasteiger partial charge in [0.1, 0.15) is 10.6 Å². The number of hydrogen-bond acceptors (Lipinski definition) is 5. The number of carbonyl (C=O) groups is 2. The van der Waals surface area contributed by atoms with Gasteiger partial charge in [0.15, 0.2) is 0 Å². The average molecular weight is 397 g/mol. The lowest BCUT2D eigenvalue weighted by molar-refractivity contribution is -0.119. The molecule has 8 nitrogen and oxygen atoms in total. The summed E-state index contributed by atoms with van der Waals surface area (Å²) in [6, 6.07) is 3.84. The lowest BCUT2D eigenvalue weighted by atomic mass is 10.1. The van der Waals surface area contributed by atoms with Crippen molar-refractivity contribution in [3.8, 4) is 5.75 Å². The van der Waals surface area contributed by atoms with E-state index in [2.05, 4.69) is 4.72 Å². The summed E-state index contributed by atoms with van der Waals surface area (Å²) in [5.41, 5.74) is 5.49. The van der Waals surface area contributed by atoms with Crippen LogP contribution in [0.5, 0.6) is 5.75 Å². The number of nitrogens with zero attached hydrogens (tertiary/aromatic N) is 1. The number of hydrogen-bond donors (Lipinski definition) is 2. The van der Waals surface area contributed by atoms with Crippen molar-refractivity contribution in [3.63, 3.8) is 0 Å². The molecule has 0 atom stereocenters. The number of sulfonamides is 1. The van der Waals surface area contributed by atoms with Gasteiger partial charge in [0, 0.05) is 17.6 Å². The predicted molar refractivity (Wildman–Crippen MR) is 101 cm³/mol. The normalized spacial score (nSPS) is 15.1. The molecule has 2 amide bonds. The number of carbonyl (C=O) groups excluding carboxylic acids is 2. The summed E-state index contributed by atoms with van der Waals surface area (Å²) in [6.07, 6.45) is 3.56. The summed E-state index contributed by atoms with van der Waals surface area (Å²) in [5.74, 6) is -0.871. The number of methoxy groups -OCH3 is 1. The minimum atomic E-state index is -3.86. The summed E-state index contributed by atoms with van der Waals surface area (Å²) < 4.78 is 32.9. The van der Waals surface area contributed by atoms with Crippen LogP contribution < -0.4 is 15.2 Å². The highest BCUT2D eigenvalue weighted by Crippen LogP contribution is 2.28. The van der Waals surface area contributed by atoms with Gasteiger partial charge in [-0.2, -0.15) is 0 Å². The molecule has 1 aromatic carbocycles. The van der Waals surface area contributed by atoms with Crippen LogP contribution in [0.3, 0.4) is 0 Å². The fourth-order valence-electron chi connectivity index (χ4n) is 3.31. The van der Waals surface area contributed by atoms with Crippen molar-refractivity contribution < 1.29 is 22.7 Å². The van der Waals surface area contributed by atoms with Gasteiger partial charge in [-0.05, 0) is 44.9 Å². The maximum absolute atomic E-state index is 13.0. The van der Waals surface area contributed by atoms with Gasteiger partial charge in [0.05, 0.1) is 13.7 Å². The Kier molecular flexibility index (Phi) is 6.83. The average Bonchev–Trinajstić information content (AvgIpc) is 3.11. The summed E-state index contributed by atoms with van der Waals surface area (Å²) in [5, 5.41) is 0. The zero-order chi connectivity index (χ0) is 20.2. The van der Waals surface area contributed by atoms with Crippen molar-refractivity contribution in [1.29, 1.82) is 0 Å². The summed E-state index contributed by atoms with van der Waals surface area (Å²) >= 11 is 0. The molecule has 2 rings (SSSR count). The second-order valence-electron chi connectivity index (χ2n) is 6.98. The zero-order valence-corrected chi connectivity index (χ0v) is 16.7. The van der Waals surface area contributed by atoms with Crippen LogP contribution in [0, 0.1) is 0 Å². The maximum atomic E-state index is 13.0. The Hall–Kier alpha value is -2.13. The minimum absolute atomic E-state index is 0.0686. The minimum Gasteiger partial charge on any atom is -0.495 e. The first kappa shape index (κ1) is 21.2. The first-order valence-electron chi connectivity index (χ1n) is 8.95. The lowest BCUT2D eigenvalue weighted by Crippen LogP contribution is -2.44. The van der Waals surface area contributed by atoms with Crippen molar-refractivity contribution in [1.82, 2.24) is 9.62 Å². The van der Waals surface area contributed by atoms with E-state index in [1.54, 1.807) is 13.8 Å². The van der Waals surface area contributed by atoms with Crippen LogP contribution in [0.2, 0.25) is 0 Å². The standard InChI is InChI=1S/C18H27N3O5S/c1-12(2)20-27(24,25)16-10-13(8-9-15(16)26-3)18(23)21(11-17(19)22)14-6-4-5-7-14/h8-10,12,14,20H,4-7,11H2,1-3H3,(H2,19,22). The second-order valence-corrected chi connectivity index (χ2v) is 8.66. The molecule has 9 heteroatoms. The van der Waals surface area contributed by atoms with Crippen molar-refractivity contribution in [2.45, 2.75) is 56.5 Å². The number of nitrogens with two attached hydrogens (primary N) is 1. The molecular weight excluding hydrogens is 370 g/mol. The van der Waals surface area contributed by atoms with Crippen LogP contribution in [0.15, 0.2) is 23.1 Å². The Morgan fingerprint density at radius 3 is 2.44 bits per heavy atom.